The van der Waals surface area contributed by atoms with Gasteiger partial charge in [-0.15, -0.1) is 0 Å². The zero-order chi connectivity index (χ0) is 19.1. The van der Waals surface area contributed by atoms with Crippen LogP contribution in [0.3, 0.4) is 0 Å². The van der Waals surface area contributed by atoms with E-state index < -0.39 is 0 Å². The van der Waals surface area contributed by atoms with Crippen molar-refractivity contribution >= 4 is 49.3 Å². The molecule has 2 aromatic rings. The van der Waals surface area contributed by atoms with Gasteiger partial charge in [0.05, 0.1) is 6.54 Å². The van der Waals surface area contributed by atoms with Crippen LogP contribution in [0.4, 0.5) is 5.69 Å². The molecule has 0 aliphatic carbocycles. The molecule has 1 aromatic carbocycles. The van der Waals surface area contributed by atoms with Crippen LogP contribution in [0.15, 0.2) is 44.4 Å². The molecule has 138 valence electrons. The number of amidine groups is 1. The maximum atomic E-state index is 12.5. The lowest BCUT2D eigenvalue weighted by Gasteiger charge is -2.09. The SMILES string of the molecule is CCOC/C(N)=N\Cc1cc(Br)cc(NC(=O)c2ncc(Br)cc2C)c1. The first kappa shape index (κ1) is 20.5. The lowest BCUT2D eigenvalue weighted by atomic mass is 10.1. The number of aryl methyl sites for hydroxylation is 1. The van der Waals surface area contributed by atoms with Crippen molar-refractivity contribution in [3.63, 3.8) is 0 Å². The second-order valence-corrected chi connectivity index (χ2v) is 7.40. The summed E-state index contributed by atoms with van der Waals surface area (Å²) in [4.78, 5) is 21.0. The van der Waals surface area contributed by atoms with Gasteiger partial charge in [0, 0.05) is 27.4 Å². The van der Waals surface area contributed by atoms with Crippen LogP contribution in [0.1, 0.15) is 28.5 Å². The van der Waals surface area contributed by atoms with E-state index in [0.29, 0.717) is 37.0 Å². The van der Waals surface area contributed by atoms with Crippen LogP contribution in [0.5, 0.6) is 0 Å². The lowest BCUT2D eigenvalue weighted by molar-refractivity contribution is 0.102. The Hall–Kier alpha value is -1.77. The smallest absolute Gasteiger partial charge is 0.274 e. The fourth-order valence-corrected chi connectivity index (χ4v) is 3.21. The Labute approximate surface area is 169 Å². The van der Waals surface area contributed by atoms with Crippen molar-refractivity contribution in [2.45, 2.75) is 20.4 Å². The molecule has 0 saturated heterocycles. The number of benzene rings is 1. The number of carbonyl (C=O) groups excluding carboxylic acids is 1. The summed E-state index contributed by atoms with van der Waals surface area (Å²) in [7, 11) is 0. The number of nitrogens with zero attached hydrogens (tertiary/aromatic N) is 2. The molecule has 6 nitrogen and oxygen atoms in total. The number of amides is 1. The third kappa shape index (κ3) is 6.19. The number of aliphatic imine (C=N–C) groups is 1. The van der Waals surface area contributed by atoms with Crippen molar-refractivity contribution in [1.29, 1.82) is 0 Å². The van der Waals surface area contributed by atoms with Crippen molar-refractivity contribution in [3.8, 4) is 0 Å². The highest BCUT2D eigenvalue weighted by Crippen LogP contribution is 2.21. The van der Waals surface area contributed by atoms with Gasteiger partial charge in [0.25, 0.3) is 5.91 Å². The van der Waals surface area contributed by atoms with Gasteiger partial charge in [-0.2, -0.15) is 0 Å². The summed E-state index contributed by atoms with van der Waals surface area (Å²) < 4.78 is 6.89. The van der Waals surface area contributed by atoms with Gasteiger partial charge in [0.2, 0.25) is 0 Å². The Kier molecular flexibility index (Phi) is 7.74. The Morgan fingerprint density at radius 3 is 2.73 bits per heavy atom. The average Bonchev–Trinajstić information content (AvgIpc) is 2.57. The third-order valence-electron chi connectivity index (χ3n) is 3.39. The van der Waals surface area contributed by atoms with Crippen molar-refractivity contribution in [1.82, 2.24) is 4.98 Å². The molecule has 0 atom stereocenters. The maximum Gasteiger partial charge on any atom is 0.274 e. The molecular weight excluding hydrogens is 464 g/mol. The zero-order valence-electron chi connectivity index (χ0n) is 14.6. The van der Waals surface area contributed by atoms with E-state index >= 15 is 0 Å². The molecule has 0 unspecified atom stereocenters. The molecule has 1 heterocycles. The summed E-state index contributed by atoms with van der Waals surface area (Å²) in [6.07, 6.45) is 1.60. The topological polar surface area (TPSA) is 89.6 Å². The van der Waals surface area contributed by atoms with Gasteiger partial charge in [-0.3, -0.25) is 9.79 Å². The van der Waals surface area contributed by atoms with Crippen molar-refractivity contribution < 1.29 is 9.53 Å². The minimum Gasteiger partial charge on any atom is -0.386 e. The molecule has 1 aromatic heterocycles. The molecule has 0 spiro atoms. The summed E-state index contributed by atoms with van der Waals surface area (Å²) in [5.74, 6) is 0.172. The van der Waals surface area contributed by atoms with E-state index in [-0.39, 0.29) is 5.91 Å². The summed E-state index contributed by atoms with van der Waals surface area (Å²) in [5.41, 5.74) is 8.54. The minimum atomic E-state index is -0.265. The highest BCUT2D eigenvalue weighted by atomic mass is 79.9. The molecule has 26 heavy (non-hydrogen) atoms. The van der Waals surface area contributed by atoms with E-state index in [1.54, 1.807) is 6.20 Å². The molecule has 1 amide bonds. The summed E-state index contributed by atoms with van der Waals surface area (Å²) in [6.45, 7) is 5.04. The first-order valence-electron chi connectivity index (χ1n) is 7.98. The van der Waals surface area contributed by atoms with Crippen molar-refractivity contribution in [2.75, 3.05) is 18.5 Å². The van der Waals surface area contributed by atoms with E-state index in [1.165, 1.54) is 0 Å². The quantitative estimate of drug-likeness (QED) is 0.459. The highest BCUT2D eigenvalue weighted by molar-refractivity contribution is 9.10. The standard InChI is InChI=1S/C18H20Br2N4O2/c1-3-26-10-16(21)22-8-12-5-13(19)7-15(6-12)24-18(25)17-11(2)4-14(20)9-23-17/h4-7,9H,3,8,10H2,1-2H3,(H2,21,22)(H,24,25). The number of nitrogens with one attached hydrogen (secondary N) is 1. The van der Waals surface area contributed by atoms with E-state index in [2.05, 4.69) is 47.2 Å². The predicted molar refractivity (Wildman–Crippen MR) is 111 cm³/mol. The van der Waals surface area contributed by atoms with Crippen LogP contribution in [-0.4, -0.2) is 29.9 Å². The van der Waals surface area contributed by atoms with Gasteiger partial charge in [0.1, 0.15) is 18.1 Å². The number of carbonyl (C=O) groups is 1. The molecule has 0 bridgehead atoms. The molecule has 0 radical (unpaired) electrons. The number of hydrogen-bond donors (Lipinski definition) is 2. The number of ether oxygens (including phenoxy) is 1. The first-order chi connectivity index (χ1) is 12.4. The summed E-state index contributed by atoms with van der Waals surface area (Å²) >= 11 is 6.80. The maximum absolute atomic E-state index is 12.5. The lowest BCUT2D eigenvalue weighted by Crippen LogP contribution is -2.19. The van der Waals surface area contributed by atoms with E-state index in [1.807, 2.05) is 38.1 Å². The Bertz CT molecular complexity index is 825. The Balaban J connectivity index is 2.12. The monoisotopic (exact) mass is 482 g/mol. The predicted octanol–water partition coefficient (Wildman–Crippen LogP) is 4.06. The molecule has 2 rings (SSSR count). The molecule has 0 saturated carbocycles. The van der Waals surface area contributed by atoms with Gasteiger partial charge < -0.3 is 15.8 Å². The Morgan fingerprint density at radius 1 is 1.27 bits per heavy atom. The third-order valence-corrected chi connectivity index (χ3v) is 4.29. The number of hydrogen-bond acceptors (Lipinski definition) is 4. The molecule has 3 N–H and O–H groups in total. The van der Waals surface area contributed by atoms with E-state index in [4.69, 9.17) is 10.5 Å². The number of rotatable bonds is 7. The van der Waals surface area contributed by atoms with Crippen LogP contribution in [-0.2, 0) is 11.3 Å². The normalized spacial score (nSPS) is 11.5. The molecule has 0 fully saturated rings. The number of pyridine rings is 1. The largest absolute Gasteiger partial charge is 0.386 e. The number of anilines is 1. The van der Waals surface area contributed by atoms with Crippen molar-refractivity contribution in [3.05, 3.63) is 56.2 Å². The van der Waals surface area contributed by atoms with Gasteiger partial charge >= 0.3 is 0 Å². The average molecular weight is 484 g/mol. The first-order valence-corrected chi connectivity index (χ1v) is 9.57. The second-order valence-electron chi connectivity index (χ2n) is 5.57. The zero-order valence-corrected chi connectivity index (χ0v) is 17.7. The van der Waals surface area contributed by atoms with Gasteiger partial charge in [0.15, 0.2) is 0 Å². The summed E-state index contributed by atoms with van der Waals surface area (Å²) in [5, 5.41) is 2.87. The van der Waals surface area contributed by atoms with Crippen LogP contribution >= 0.6 is 31.9 Å². The van der Waals surface area contributed by atoms with Gasteiger partial charge in [-0.25, -0.2) is 4.98 Å². The fraction of sp³-hybridized carbons (Fsp3) is 0.278. The Morgan fingerprint density at radius 2 is 2.04 bits per heavy atom. The molecular formula is C18H20Br2N4O2. The van der Waals surface area contributed by atoms with Crippen LogP contribution in [0.2, 0.25) is 0 Å². The number of aromatic nitrogens is 1. The molecule has 8 heteroatoms. The van der Waals surface area contributed by atoms with Gasteiger partial charge in [-0.05, 0) is 65.2 Å². The van der Waals surface area contributed by atoms with E-state index in [0.717, 1.165) is 20.1 Å². The van der Waals surface area contributed by atoms with Crippen LogP contribution in [0, 0.1) is 6.92 Å². The number of nitrogens with two attached hydrogens (primary N) is 1. The van der Waals surface area contributed by atoms with Crippen molar-refractivity contribution in [2.24, 2.45) is 10.7 Å². The van der Waals surface area contributed by atoms with Crippen LogP contribution in [0.25, 0.3) is 0 Å². The fourth-order valence-electron chi connectivity index (χ4n) is 2.23. The summed E-state index contributed by atoms with van der Waals surface area (Å²) in [6, 6.07) is 7.46. The highest BCUT2D eigenvalue weighted by Gasteiger charge is 2.12. The molecule has 0 aliphatic rings. The minimum absolute atomic E-state index is 0.265. The molecule has 0 aliphatic heterocycles. The van der Waals surface area contributed by atoms with Gasteiger partial charge in [-0.1, -0.05) is 15.9 Å². The van der Waals surface area contributed by atoms with Crippen LogP contribution < -0.4 is 11.1 Å². The number of halogens is 2. The second kappa shape index (κ2) is 9.80. The van der Waals surface area contributed by atoms with E-state index in [9.17, 15) is 4.79 Å².